The number of halogens is 1. The third kappa shape index (κ3) is 5.70. The lowest BCUT2D eigenvalue weighted by Crippen LogP contribution is -2.85. The largest absolute Gasteiger partial charge is 0.493 e. The molecule has 1 aromatic heterocycles. The first-order valence-corrected chi connectivity index (χ1v) is 9.11. The van der Waals surface area contributed by atoms with Crippen LogP contribution in [0.15, 0.2) is 29.6 Å². The van der Waals surface area contributed by atoms with Gasteiger partial charge in [0.1, 0.15) is 13.2 Å². The van der Waals surface area contributed by atoms with Gasteiger partial charge in [-0.15, -0.1) is 11.3 Å². The average Bonchev–Trinajstić information content (AvgIpc) is 3.06. The number of nitrogens with two attached hydrogens (primary N) is 2. The van der Waals surface area contributed by atoms with Gasteiger partial charge in [0.2, 0.25) is 0 Å². The van der Waals surface area contributed by atoms with Crippen LogP contribution in [0.4, 0.5) is 0 Å². The second kappa shape index (κ2) is 9.78. The van der Waals surface area contributed by atoms with Gasteiger partial charge >= 0.3 is 0 Å². The van der Waals surface area contributed by atoms with Crippen molar-refractivity contribution in [3.05, 3.63) is 45.1 Å². The SMILES string of the molecule is C[NH2+]CCC[NH2+]Cc1cc(Cl)c(OCc2cccs2)c(OC)c1. The van der Waals surface area contributed by atoms with Gasteiger partial charge in [-0.1, -0.05) is 17.7 Å². The fraction of sp³-hybridized carbons (Fsp3) is 0.412. The van der Waals surface area contributed by atoms with Crippen LogP contribution < -0.4 is 20.1 Å². The van der Waals surface area contributed by atoms with Crippen LogP contribution in [0.3, 0.4) is 0 Å². The van der Waals surface area contributed by atoms with Gasteiger partial charge in [-0.05, 0) is 23.6 Å². The second-order valence-electron chi connectivity index (χ2n) is 5.31. The van der Waals surface area contributed by atoms with Gasteiger partial charge in [0.25, 0.3) is 0 Å². The molecule has 4 N–H and O–H groups in total. The first kappa shape index (κ1) is 18.1. The molecule has 6 heteroatoms. The number of ether oxygens (including phenoxy) is 2. The molecule has 0 atom stereocenters. The van der Waals surface area contributed by atoms with E-state index in [1.807, 2.05) is 29.6 Å². The number of quaternary nitrogens is 2. The number of thiophene rings is 1. The van der Waals surface area contributed by atoms with Crippen molar-refractivity contribution in [2.75, 3.05) is 27.2 Å². The van der Waals surface area contributed by atoms with Gasteiger partial charge in [0.15, 0.2) is 11.5 Å². The van der Waals surface area contributed by atoms with Crippen LogP contribution in [0.2, 0.25) is 5.02 Å². The number of hydrogen-bond acceptors (Lipinski definition) is 3. The molecule has 0 bridgehead atoms. The van der Waals surface area contributed by atoms with Crippen LogP contribution in [0.5, 0.6) is 11.5 Å². The molecule has 0 spiro atoms. The molecular weight excluding hydrogens is 332 g/mol. The Kier molecular flexibility index (Phi) is 7.68. The molecule has 2 aromatic rings. The Labute approximate surface area is 146 Å². The second-order valence-corrected chi connectivity index (χ2v) is 6.75. The predicted octanol–water partition coefficient (Wildman–Crippen LogP) is 1.64. The lowest BCUT2D eigenvalue weighted by molar-refractivity contribution is -0.682. The highest BCUT2D eigenvalue weighted by atomic mass is 35.5. The summed E-state index contributed by atoms with van der Waals surface area (Å²) in [6.45, 7) is 3.68. The normalized spacial score (nSPS) is 10.7. The average molecular weight is 357 g/mol. The van der Waals surface area contributed by atoms with Crippen LogP contribution in [0, 0.1) is 0 Å². The van der Waals surface area contributed by atoms with Crippen molar-refractivity contribution in [1.82, 2.24) is 0 Å². The zero-order valence-electron chi connectivity index (χ0n) is 13.7. The Balaban J connectivity index is 1.97. The number of benzene rings is 1. The minimum atomic E-state index is 0.507. The maximum absolute atomic E-state index is 6.40. The lowest BCUT2D eigenvalue weighted by Gasteiger charge is -2.13. The van der Waals surface area contributed by atoms with Crippen molar-refractivity contribution in [3.63, 3.8) is 0 Å². The summed E-state index contributed by atoms with van der Waals surface area (Å²) in [5.74, 6) is 1.31. The molecule has 0 aliphatic rings. The molecule has 0 amide bonds. The van der Waals surface area contributed by atoms with Crippen molar-refractivity contribution in [1.29, 1.82) is 0 Å². The van der Waals surface area contributed by atoms with Crippen LogP contribution in [0.1, 0.15) is 16.9 Å². The Hall–Kier alpha value is -1.27. The molecule has 0 unspecified atom stereocenters. The van der Waals surface area contributed by atoms with Gasteiger partial charge in [0, 0.05) is 16.9 Å². The van der Waals surface area contributed by atoms with Gasteiger partial charge < -0.3 is 20.1 Å². The summed E-state index contributed by atoms with van der Waals surface area (Å²) in [5.41, 5.74) is 1.15. The van der Waals surface area contributed by atoms with Crippen molar-refractivity contribution >= 4 is 22.9 Å². The Bertz CT molecular complexity index is 591. The summed E-state index contributed by atoms with van der Waals surface area (Å²) in [6.07, 6.45) is 1.20. The molecule has 0 aliphatic heterocycles. The van der Waals surface area contributed by atoms with E-state index in [0.29, 0.717) is 23.1 Å². The van der Waals surface area contributed by atoms with E-state index in [4.69, 9.17) is 21.1 Å². The summed E-state index contributed by atoms with van der Waals surface area (Å²) in [6, 6.07) is 8.04. The number of rotatable bonds is 10. The van der Waals surface area contributed by atoms with E-state index in [1.165, 1.54) is 6.42 Å². The smallest absolute Gasteiger partial charge is 0.180 e. The van der Waals surface area contributed by atoms with E-state index in [2.05, 4.69) is 17.7 Å². The fourth-order valence-electron chi connectivity index (χ4n) is 2.30. The molecule has 0 saturated heterocycles. The van der Waals surface area contributed by atoms with E-state index in [0.717, 1.165) is 30.1 Å². The van der Waals surface area contributed by atoms with Crippen molar-refractivity contribution in [2.45, 2.75) is 19.6 Å². The first-order chi connectivity index (χ1) is 11.2. The molecule has 1 heterocycles. The zero-order valence-corrected chi connectivity index (χ0v) is 15.3. The topological polar surface area (TPSA) is 51.7 Å². The first-order valence-electron chi connectivity index (χ1n) is 7.85. The van der Waals surface area contributed by atoms with Crippen molar-refractivity contribution in [3.8, 4) is 11.5 Å². The van der Waals surface area contributed by atoms with E-state index < -0.39 is 0 Å². The third-order valence-electron chi connectivity index (χ3n) is 3.51. The Morgan fingerprint density at radius 2 is 2.13 bits per heavy atom. The van der Waals surface area contributed by atoms with E-state index in [1.54, 1.807) is 18.4 Å². The summed E-state index contributed by atoms with van der Waals surface area (Å²) in [4.78, 5) is 1.16. The molecule has 126 valence electrons. The molecule has 0 radical (unpaired) electrons. The molecule has 0 aliphatic carbocycles. The third-order valence-corrected chi connectivity index (χ3v) is 4.64. The van der Waals surface area contributed by atoms with Crippen LogP contribution in [-0.4, -0.2) is 27.2 Å². The fourth-order valence-corrected chi connectivity index (χ4v) is 3.21. The molecule has 1 aromatic carbocycles. The molecule has 0 fully saturated rings. The minimum absolute atomic E-state index is 0.507. The van der Waals surface area contributed by atoms with Gasteiger partial charge in [-0.3, -0.25) is 0 Å². The van der Waals surface area contributed by atoms with Crippen molar-refractivity contribution in [2.24, 2.45) is 0 Å². The molecule has 4 nitrogen and oxygen atoms in total. The summed E-state index contributed by atoms with van der Waals surface area (Å²) < 4.78 is 11.3. The Morgan fingerprint density at radius 3 is 2.83 bits per heavy atom. The Morgan fingerprint density at radius 1 is 1.26 bits per heavy atom. The van der Waals surface area contributed by atoms with Crippen molar-refractivity contribution < 1.29 is 20.1 Å². The van der Waals surface area contributed by atoms with E-state index in [9.17, 15) is 0 Å². The predicted molar refractivity (Wildman–Crippen MR) is 94.5 cm³/mol. The summed E-state index contributed by atoms with van der Waals surface area (Å²) in [5, 5.41) is 7.13. The summed E-state index contributed by atoms with van der Waals surface area (Å²) >= 11 is 8.06. The maximum atomic E-state index is 6.40. The molecule has 0 saturated carbocycles. The molecule has 23 heavy (non-hydrogen) atoms. The maximum Gasteiger partial charge on any atom is 0.180 e. The van der Waals surface area contributed by atoms with Gasteiger partial charge in [0.05, 0.1) is 32.3 Å². The zero-order chi connectivity index (χ0) is 16.5. The number of methoxy groups -OCH3 is 1. The highest BCUT2D eigenvalue weighted by Crippen LogP contribution is 2.37. The van der Waals surface area contributed by atoms with E-state index in [-0.39, 0.29) is 0 Å². The van der Waals surface area contributed by atoms with Crippen LogP contribution in [-0.2, 0) is 13.2 Å². The number of hydrogen-bond donors (Lipinski definition) is 2. The highest BCUT2D eigenvalue weighted by molar-refractivity contribution is 7.09. The monoisotopic (exact) mass is 356 g/mol. The van der Waals surface area contributed by atoms with E-state index >= 15 is 0 Å². The molecule has 2 rings (SSSR count). The van der Waals surface area contributed by atoms with Crippen LogP contribution >= 0.6 is 22.9 Å². The lowest BCUT2D eigenvalue weighted by atomic mass is 10.2. The minimum Gasteiger partial charge on any atom is -0.493 e. The van der Waals surface area contributed by atoms with Gasteiger partial charge in [-0.2, -0.15) is 0 Å². The summed E-state index contributed by atoms with van der Waals surface area (Å²) in [7, 11) is 3.74. The van der Waals surface area contributed by atoms with Crippen LogP contribution in [0.25, 0.3) is 0 Å². The highest BCUT2D eigenvalue weighted by Gasteiger charge is 2.13. The molecular formula is C17H25ClN2O2S+2. The quantitative estimate of drug-likeness (QED) is 0.636. The van der Waals surface area contributed by atoms with Gasteiger partial charge in [-0.25, -0.2) is 0 Å². The standard InChI is InChI=1S/C17H23ClN2O2S/c1-19-6-4-7-20-11-13-9-15(18)17(16(10-13)21-2)22-12-14-5-3-8-23-14/h3,5,8-10,19-20H,4,6-7,11-12H2,1-2H3/p+2.